The summed E-state index contributed by atoms with van der Waals surface area (Å²) < 4.78 is 0. The first-order chi connectivity index (χ1) is 7.25. The van der Waals surface area contributed by atoms with Gasteiger partial charge in [0.05, 0.1) is 10.6 Å². The Morgan fingerprint density at radius 2 is 2.13 bits per heavy atom. The highest BCUT2D eigenvalue weighted by molar-refractivity contribution is 5.26. The van der Waals surface area contributed by atoms with E-state index in [-0.39, 0.29) is 5.69 Å². The Balaban J connectivity index is 2.00. The zero-order chi connectivity index (χ0) is 10.7. The third-order valence-electron chi connectivity index (χ3n) is 2.60. The molecule has 5 heteroatoms. The SMILES string of the molecule is O=[N+]([O-])c1ccc(CN2CCCC2)nc1. The Morgan fingerprint density at radius 1 is 1.40 bits per heavy atom. The Hall–Kier alpha value is -1.49. The third kappa shape index (κ3) is 2.50. The Bertz CT molecular complexity index is 344. The molecule has 0 atom stereocenters. The van der Waals surface area contributed by atoms with Crippen LogP contribution in [0.1, 0.15) is 18.5 Å². The van der Waals surface area contributed by atoms with E-state index >= 15 is 0 Å². The summed E-state index contributed by atoms with van der Waals surface area (Å²) in [5, 5.41) is 10.4. The van der Waals surface area contributed by atoms with Crippen LogP contribution in [-0.4, -0.2) is 27.9 Å². The van der Waals surface area contributed by atoms with Crippen molar-refractivity contribution >= 4 is 5.69 Å². The molecule has 2 rings (SSSR count). The molecule has 15 heavy (non-hydrogen) atoms. The molecule has 1 aliphatic rings. The van der Waals surface area contributed by atoms with E-state index in [2.05, 4.69) is 9.88 Å². The first-order valence-corrected chi connectivity index (χ1v) is 5.07. The van der Waals surface area contributed by atoms with Gasteiger partial charge in [0.25, 0.3) is 5.69 Å². The summed E-state index contributed by atoms with van der Waals surface area (Å²) >= 11 is 0. The molecule has 0 aromatic carbocycles. The van der Waals surface area contributed by atoms with Crippen LogP contribution in [0.5, 0.6) is 0 Å². The van der Waals surface area contributed by atoms with Gasteiger partial charge in [0.15, 0.2) is 0 Å². The lowest BCUT2D eigenvalue weighted by Gasteiger charge is -2.12. The van der Waals surface area contributed by atoms with E-state index in [4.69, 9.17) is 0 Å². The molecule has 80 valence electrons. The molecule has 2 heterocycles. The predicted molar refractivity (Wildman–Crippen MR) is 55.4 cm³/mol. The lowest BCUT2D eigenvalue weighted by molar-refractivity contribution is -0.385. The number of pyridine rings is 1. The summed E-state index contributed by atoms with van der Waals surface area (Å²) in [5.74, 6) is 0. The molecule has 1 aromatic heterocycles. The molecule has 0 radical (unpaired) electrons. The monoisotopic (exact) mass is 207 g/mol. The van der Waals surface area contributed by atoms with Gasteiger partial charge in [-0.1, -0.05) is 0 Å². The number of rotatable bonds is 3. The van der Waals surface area contributed by atoms with Gasteiger partial charge < -0.3 is 0 Å². The number of hydrogen-bond acceptors (Lipinski definition) is 4. The van der Waals surface area contributed by atoms with Crippen molar-refractivity contribution in [3.63, 3.8) is 0 Å². The Labute approximate surface area is 87.9 Å². The van der Waals surface area contributed by atoms with Gasteiger partial charge in [-0.3, -0.25) is 20.0 Å². The summed E-state index contributed by atoms with van der Waals surface area (Å²) in [7, 11) is 0. The zero-order valence-electron chi connectivity index (χ0n) is 8.43. The quantitative estimate of drug-likeness (QED) is 0.557. The van der Waals surface area contributed by atoms with Crippen molar-refractivity contribution in [3.8, 4) is 0 Å². The topological polar surface area (TPSA) is 59.3 Å². The average Bonchev–Trinajstić information content (AvgIpc) is 2.71. The van der Waals surface area contributed by atoms with Crippen molar-refractivity contribution in [1.29, 1.82) is 0 Å². The molecule has 0 aliphatic carbocycles. The molecule has 1 fully saturated rings. The second-order valence-electron chi connectivity index (χ2n) is 3.75. The summed E-state index contributed by atoms with van der Waals surface area (Å²) in [5.41, 5.74) is 0.961. The number of nitro groups is 1. The van der Waals surface area contributed by atoms with E-state index in [1.54, 1.807) is 6.07 Å². The summed E-state index contributed by atoms with van der Waals surface area (Å²) in [6.45, 7) is 3.02. The molecule has 0 unspecified atom stereocenters. The predicted octanol–water partition coefficient (Wildman–Crippen LogP) is 1.59. The van der Waals surface area contributed by atoms with Crippen molar-refractivity contribution in [2.24, 2.45) is 0 Å². The van der Waals surface area contributed by atoms with Crippen LogP contribution < -0.4 is 0 Å². The summed E-state index contributed by atoms with van der Waals surface area (Å²) in [6.07, 6.45) is 3.81. The van der Waals surface area contributed by atoms with Crippen molar-refractivity contribution in [2.75, 3.05) is 13.1 Å². The normalized spacial score (nSPS) is 16.8. The fourth-order valence-electron chi connectivity index (χ4n) is 1.79. The first kappa shape index (κ1) is 10.0. The number of likely N-dealkylation sites (tertiary alicyclic amines) is 1. The highest BCUT2D eigenvalue weighted by Crippen LogP contribution is 2.13. The lowest BCUT2D eigenvalue weighted by atomic mass is 10.3. The molecule has 0 N–H and O–H groups in total. The number of nitrogens with zero attached hydrogens (tertiary/aromatic N) is 3. The highest BCUT2D eigenvalue weighted by Gasteiger charge is 2.13. The molecule has 0 bridgehead atoms. The first-order valence-electron chi connectivity index (χ1n) is 5.07. The maximum Gasteiger partial charge on any atom is 0.287 e. The maximum atomic E-state index is 10.4. The molecule has 0 amide bonds. The van der Waals surface area contributed by atoms with Crippen LogP contribution in [0.15, 0.2) is 18.3 Å². The molecule has 1 saturated heterocycles. The van der Waals surface area contributed by atoms with Crippen LogP contribution in [0.4, 0.5) is 5.69 Å². The van der Waals surface area contributed by atoms with Crippen molar-refractivity contribution < 1.29 is 4.92 Å². The van der Waals surface area contributed by atoms with Gasteiger partial charge in [-0.2, -0.15) is 0 Å². The van der Waals surface area contributed by atoms with E-state index in [0.29, 0.717) is 0 Å². The van der Waals surface area contributed by atoms with Gasteiger partial charge in [0.2, 0.25) is 0 Å². The smallest absolute Gasteiger partial charge is 0.287 e. The van der Waals surface area contributed by atoms with Crippen molar-refractivity contribution in [1.82, 2.24) is 9.88 Å². The largest absolute Gasteiger partial charge is 0.298 e. The fraction of sp³-hybridized carbons (Fsp3) is 0.500. The minimum Gasteiger partial charge on any atom is -0.298 e. The third-order valence-corrected chi connectivity index (χ3v) is 2.60. The fourth-order valence-corrected chi connectivity index (χ4v) is 1.79. The van der Waals surface area contributed by atoms with Gasteiger partial charge in [0.1, 0.15) is 6.20 Å². The molecular formula is C10H13N3O2. The van der Waals surface area contributed by atoms with Crippen LogP contribution in [0.3, 0.4) is 0 Å². The van der Waals surface area contributed by atoms with Gasteiger partial charge in [0, 0.05) is 12.6 Å². The molecular weight excluding hydrogens is 194 g/mol. The van der Waals surface area contributed by atoms with Gasteiger partial charge in [-0.05, 0) is 32.0 Å². The number of hydrogen-bond donors (Lipinski definition) is 0. The van der Waals surface area contributed by atoms with Crippen LogP contribution in [0.2, 0.25) is 0 Å². The molecule has 0 spiro atoms. The van der Waals surface area contributed by atoms with Crippen LogP contribution in [0, 0.1) is 10.1 Å². The standard InChI is InChI=1S/C10H13N3O2/c14-13(15)10-4-3-9(11-7-10)8-12-5-1-2-6-12/h3-4,7H,1-2,5-6,8H2. The molecule has 1 aromatic rings. The van der Waals surface area contributed by atoms with Gasteiger partial charge >= 0.3 is 0 Å². The van der Waals surface area contributed by atoms with Crippen molar-refractivity contribution in [2.45, 2.75) is 19.4 Å². The second-order valence-corrected chi connectivity index (χ2v) is 3.75. The lowest BCUT2D eigenvalue weighted by Crippen LogP contribution is -2.18. The molecule has 0 saturated carbocycles. The minimum atomic E-state index is -0.424. The van der Waals surface area contributed by atoms with Crippen molar-refractivity contribution in [3.05, 3.63) is 34.1 Å². The molecule has 1 aliphatic heterocycles. The van der Waals surface area contributed by atoms with Gasteiger partial charge in [-0.15, -0.1) is 0 Å². The van der Waals surface area contributed by atoms with E-state index < -0.39 is 4.92 Å². The minimum absolute atomic E-state index is 0.0557. The maximum absolute atomic E-state index is 10.4. The zero-order valence-corrected chi connectivity index (χ0v) is 8.43. The van der Waals surface area contributed by atoms with E-state index in [0.717, 1.165) is 25.3 Å². The molecule has 5 nitrogen and oxygen atoms in total. The van der Waals surface area contributed by atoms with E-state index in [1.165, 1.54) is 25.1 Å². The second kappa shape index (κ2) is 4.35. The average molecular weight is 207 g/mol. The van der Waals surface area contributed by atoms with Crippen LogP contribution in [-0.2, 0) is 6.54 Å². The Kier molecular flexibility index (Phi) is 2.91. The van der Waals surface area contributed by atoms with E-state index in [9.17, 15) is 10.1 Å². The summed E-state index contributed by atoms with van der Waals surface area (Å²) in [4.78, 5) is 16.4. The van der Waals surface area contributed by atoms with Crippen LogP contribution >= 0.6 is 0 Å². The Morgan fingerprint density at radius 3 is 2.67 bits per heavy atom. The number of aromatic nitrogens is 1. The van der Waals surface area contributed by atoms with E-state index in [1.807, 2.05) is 0 Å². The summed E-state index contributed by atoms with van der Waals surface area (Å²) in [6, 6.07) is 3.24. The van der Waals surface area contributed by atoms with Gasteiger partial charge in [-0.25, -0.2) is 0 Å². The van der Waals surface area contributed by atoms with Crippen LogP contribution in [0.25, 0.3) is 0 Å². The highest BCUT2D eigenvalue weighted by atomic mass is 16.6.